The summed E-state index contributed by atoms with van der Waals surface area (Å²) < 4.78 is 4.89. The van der Waals surface area contributed by atoms with Crippen molar-refractivity contribution in [2.24, 2.45) is 0 Å². The van der Waals surface area contributed by atoms with E-state index in [0.717, 1.165) is 11.1 Å². The molecule has 2 aromatic rings. The van der Waals surface area contributed by atoms with Gasteiger partial charge in [-0.2, -0.15) is 4.98 Å². The molecular formula is C12H11N3O2. The SMILES string of the molecule is Cc1nc(CN2Cc3ccccc3C2=O)no1. The summed E-state index contributed by atoms with van der Waals surface area (Å²) in [5, 5.41) is 3.80. The van der Waals surface area contributed by atoms with Gasteiger partial charge in [0.25, 0.3) is 5.91 Å². The van der Waals surface area contributed by atoms with Crippen LogP contribution in [0.4, 0.5) is 0 Å². The summed E-state index contributed by atoms with van der Waals surface area (Å²) in [6, 6.07) is 7.63. The summed E-state index contributed by atoms with van der Waals surface area (Å²) in [6.45, 7) is 2.74. The van der Waals surface area contributed by atoms with E-state index in [2.05, 4.69) is 10.1 Å². The van der Waals surface area contributed by atoms with Gasteiger partial charge in [-0.15, -0.1) is 0 Å². The third-order valence-electron chi connectivity index (χ3n) is 2.80. The Hall–Kier alpha value is -2.17. The minimum atomic E-state index is 0.0306. The second-order valence-electron chi connectivity index (χ2n) is 4.05. The average molecular weight is 229 g/mol. The van der Waals surface area contributed by atoms with Gasteiger partial charge in [-0.25, -0.2) is 0 Å². The Kier molecular flexibility index (Phi) is 2.18. The number of benzene rings is 1. The first-order valence-corrected chi connectivity index (χ1v) is 5.40. The molecule has 5 nitrogen and oxygen atoms in total. The predicted octanol–water partition coefficient (Wildman–Crippen LogP) is 1.53. The van der Waals surface area contributed by atoms with Crippen molar-refractivity contribution in [1.82, 2.24) is 15.0 Å². The summed E-state index contributed by atoms with van der Waals surface area (Å²) >= 11 is 0. The molecule has 86 valence electrons. The molecule has 0 spiro atoms. The summed E-state index contributed by atoms with van der Waals surface area (Å²) in [5.41, 5.74) is 1.82. The number of nitrogens with zero attached hydrogens (tertiary/aromatic N) is 3. The maximum absolute atomic E-state index is 12.0. The van der Waals surface area contributed by atoms with E-state index < -0.39 is 0 Å². The van der Waals surface area contributed by atoms with Crippen molar-refractivity contribution in [3.63, 3.8) is 0 Å². The van der Waals surface area contributed by atoms with Crippen molar-refractivity contribution in [1.29, 1.82) is 0 Å². The van der Waals surface area contributed by atoms with Crippen LogP contribution in [0.3, 0.4) is 0 Å². The lowest BCUT2D eigenvalue weighted by atomic mass is 10.1. The normalized spacial score (nSPS) is 14.2. The molecule has 0 aliphatic carbocycles. The van der Waals surface area contributed by atoms with Gasteiger partial charge >= 0.3 is 0 Å². The molecule has 17 heavy (non-hydrogen) atoms. The summed E-state index contributed by atoms with van der Waals surface area (Å²) in [7, 11) is 0. The molecule has 0 atom stereocenters. The predicted molar refractivity (Wildman–Crippen MR) is 59.1 cm³/mol. The van der Waals surface area contributed by atoms with Crippen molar-refractivity contribution in [3.05, 3.63) is 47.1 Å². The molecule has 0 saturated heterocycles. The smallest absolute Gasteiger partial charge is 0.254 e. The van der Waals surface area contributed by atoms with Gasteiger partial charge in [-0.1, -0.05) is 23.4 Å². The molecule has 1 aromatic carbocycles. The largest absolute Gasteiger partial charge is 0.340 e. The van der Waals surface area contributed by atoms with Gasteiger partial charge in [0.2, 0.25) is 5.89 Å². The third-order valence-corrected chi connectivity index (χ3v) is 2.80. The van der Waals surface area contributed by atoms with Crippen molar-refractivity contribution in [2.75, 3.05) is 0 Å². The summed E-state index contributed by atoms with van der Waals surface area (Å²) in [6.07, 6.45) is 0. The van der Waals surface area contributed by atoms with Crippen molar-refractivity contribution in [3.8, 4) is 0 Å². The Morgan fingerprint density at radius 2 is 2.24 bits per heavy atom. The fraction of sp³-hybridized carbons (Fsp3) is 0.250. The molecule has 1 aromatic heterocycles. The van der Waals surface area contributed by atoms with Crippen LogP contribution in [0.5, 0.6) is 0 Å². The summed E-state index contributed by atoms with van der Waals surface area (Å²) in [5.74, 6) is 1.09. The van der Waals surface area contributed by atoms with E-state index in [-0.39, 0.29) is 5.91 Å². The zero-order valence-corrected chi connectivity index (χ0v) is 9.38. The number of carbonyl (C=O) groups is 1. The van der Waals surface area contributed by atoms with Crippen LogP contribution in [0.2, 0.25) is 0 Å². The molecule has 1 aliphatic heterocycles. The third kappa shape index (κ3) is 1.69. The molecule has 0 fully saturated rings. The van der Waals surface area contributed by atoms with E-state index in [4.69, 9.17) is 4.52 Å². The van der Waals surface area contributed by atoms with Gasteiger partial charge in [0.05, 0.1) is 6.54 Å². The van der Waals surface area contributed by atoms with Crippen LogP contribution in [0, 0.1) is 6.92 Å². The van der Waals surface area contributed by atoms with Crippen molar-refractivity contribution < 1.29 is 9.32 Å². The number of rotatable bonds is 2. The Labute approximate surface area is 98.0 Å². The molecule has 1 aliphatic rings. The van der Waals surface area contributed by atoms with E-state index in [9.17, 15) is 4.79 Å². The van der Waals surface area contributed by atoms with E-state index >= 15 is 0 Å². The standard InChI is InChI=1S/C12H11N3O2/c1-8-13-11(14-17-8)7-15-6-9-4-2-3-5-10(9)12(15)16/h2-5H,6-7H2,1H3. The molecule has 0 bridgehead atoms. The van der Waals surface area contributed by atoms with Gasteiger partial charge in [-0.05, 0) is 11.6 Å². The first-order valence-electron chi connectivity index (χ1n) is 5.40. The lowest BCUT2D eigenvalue weighted by Crippen LogP contribution is -2.23. The Morgan fingerprint density at radius 3 is 2.94 bits per heavy atom. The van der Waals surface area contributed by atoms with E-state index in [1.54, 1.807) is 11.8 Å². The van der Waals surface area contributed by atoms with Crippen LogP contribution in [0.15, 0.2) is 28.8 Å². The maximum atomic E-state index is 12.0. The number of fused-ring (bicyclic) bond motifs is 1. The Bertz CT molecular complexity index is 577. The first-order chi connectivity index (χ1) is 8.24. The molecule has 0 unspecified atom stereocenters. The highest BCUT2D eigenvalue weighted by Gasteiger charge is 2.27. The van der Waals surface area contributed by atoms with Crippen molar-refractivity contribution >= 4 is 5.91 Å². The molecule has 0 radical (unpaired) electrons. The van der Waals surface area contributed by atoms with Crippen LogP contribution in [-0.2, 0) is 13.1 Å². The highest BCUT2D eigenvalue weighted by molar-refractivity contribution is 5.98. The highest BCUT2D eigenvalue weighted by Crippen LogP contribution is 2.23. The zero-order valence-electron chi connectivity index (χ0n) is 9.38. The van der Waals surface area contributed by atoms with Crippen LogP contribution in [-0.4, -0.2) is 20.9 Å². The lowest BCUT2D eigenvalue weighted by Gasteiger charge is -2.12. The van der Waals surface area contributed by atoms with Gasteiger partial charge in [0, 0.05) is 19.0 Å². The van der Waals surface area contributed by atoms with Gasteiger partial charge in [0.1, 0.15) is 0 Å². The fourth-order valence-electron chi connectivity index (χ4n) is 2.02. The number of amides is 1. The average Bonchev–Trinajstić information content (AvgIpc) is 2.86. The van der Waals surface area contributed by atoms with Crippen LogP contribution < -0.4 is 0 Å². The van der Waals surface area contributed by atoms with Crippen molar-refractivity contribution in [2.45, 2.75) is 20.0 Å². The lowest BCUT2D eigenvalue weighted by molar-refractivity contribution is 0.0761. The van der Waals surface area contributed by atoms with Crippen LogP contribution in [0.1, 0.15) is 27.6 Å². The molecule has 5 heteroatoms. The highest BCUT2D eigenvalue weighted by atomic mass is 16.5. The zero-order chi connectivity index (χ0) is 11.8. The van der Waals surface area contributed by atoms with Gasteiger partial charge < -0.3 is 9.42 Å². The Balaban J connectivity index is 1.82. The van der Waals surface area contributed by atoms with Crippen LogP contribution in [0.25, 0.3) is 0 Å². The summed E-state index contributed by atoms with van der Waals surface area (Å²) in [4.78, 5) is 17.9. The quantitative estimate of drug-likeness (QED) is 0.783. The molecule has 3 rings (SSSR count). The van der Waals surface area contributed by atoms with Crippen LogP contribution >= 0.6 is 0 Å². The molecule has 0 N–H and O–H groups in total. The second kappa shape index (κ2) is 3.69. The number of hydrogen-bond acceptors (Lipinski definition) is 4. The van der Waals surface area contributed by atoms with Gasteiger partial charge in [0.15, 0.2) is 5.82 Å². The number of aryl methyl sites for hydroxylation is 1. The Morgan fingerprint density at radius 1 is 1.41 bits per heavy atom. The molecule has 1 amide bonds. The minimum Gasteiger partial charge on any atom is -0.340 e. The van der Waals surface area contributed by atoms with E-state index in [0.29, 0.717) is 24.8 Å². The minimum absolute atomic E-state index is 0.0306. The second-order valence-corrected chi connectivity index (χ2v) is 4.05. The first kappa shape index (κ1) is 10.0. The number of aromatic nitrogens is 2. The van der Waals surface area contributed by atoms with E-state index in [1.807, 2.05) is 24.3 Å². The van der Waals surface area contributed by atoms with Gasteiger partial charge in [-0.3, -0.25) is 4.79 Å². The molecule has 2 heterocycles. The monoisotopic (exact) mass is 229 g/mol. The molecular weight excluding hydrogens is 218 g/mol. The number of hydrogen-bond donors (Lipinski definition) is 0. The molecule has 0 saturated carbocycles. The maximum Gasteiger partial charge on any atom is 0.254 e. The van der Waals surface area contributed by atoms with E-state index in [1.165, 1.54) is 0 Å². The number of carbonyl (C=O) groups excluding carboxylic acids is 1. The fourth-order valence-corrected chi connectivity index (χ4v) is 2.02. The topological polar surface area (TPSA) is 59.2 Å².